The number of carbonyl (C=O) groups is 2. The van der Waals surface area contributed by atoms with Crippen LogP contribution in [0.1, 0.15) is 27.8 Å². The van der Waals surface area contributed by atoms with E-state index in [0.717, 1.165) is 11.4 Å². The highest BCUT2D eigenvalue weighted by atomic mass is 16.3. The summed E-state index contributed by atoms with van der Waals surface area (Å²) in [6.45, 7) is 1.52. The van der Waals surface area contributed by atoms with Gasteiger partial charge in [0.05, 0.1) is 18.1 Å². The van der Waals surface area contributed by atoms with Crippen LogP contribution in [0.15, 0.2) is 65.4 Å². The van der Waals surface area contributed by atoms with Gasteiger partial charge in [0.15, 0.2) is 11.5 Å². The van der Waals surface area contributed by atoms with E-state index in [2.05, 4.69) is 15.6 Å². The summed E-state index contributed by atoms with van der Waals surface area (Å²) in [5, 5.41) is 5.80. The van der Waals surface area contributed by atoms with Crippen molar-refractivity contribution in [1.29, 1.82) is 0 Å². The van der Waals surface area contributed by atoms with E-state index in [1.54, 1.807) is 42.6 Å². The second kappa shape index (κ2) is 6.78. The molecular weight excluding hydrogens is 306 g/mol. The second-order valence-corrected chi connectivity index (χ2v) is 5.13. The van der Waals surface area contributed by atoms with Gasteiger partial charge in [0.2, 0.25) is 0 Å². The summed E-state index contributed by atoms with van der Waals surface area (Å²) in [6.07, 6.45) is 3.03. The maximum Gasteiger partial charge on any atom is 0.292 e. The molecule has 0 aliphatic carbocycles. The molecule has 0 radical (unpaired) electrons. The maximum atomic E-state index is 11.9. The number of ketones is 1. The molecule has 0 bridgehead atoms. The summed E-state index contributed by atoms with van der Waals surface area (Å²) >= 11 is 0. The van der Waals surface area contributed by atoms with Gasteiger partial charge in [-0.3, -0.25) is 9.59 Å². The van der Waals surface area contributed by atoms with Gasteiger partial charge in [0, 0.05) is 11.3 Å². The lowest BCUT2D eigenvalue weighted by Gasteiger charge is -2.08. The normalized spacial score (nSPS) is 10.2. The molecule has 0 fully saturated rings. The summed E-state index contributed by atoms with van der Waals surface area (Å²) in [4.78, 5) is 27.4. The van der Waals surface area contributed by atoms with Gasteiger partial charge in [-0.25, -0.2) is 4.98 Å². The molecule has 0 aliphatic heterocycles. The third-order valence-electron chi connectivity index (χ3n) is 3.31. The zero-order valence-electron chi connectivity index (χ0n) is 12.9. The number of pyridine rings is 1. The Hall–Kier alpha value is -3.41. The highest BCUT2D eigenvalue weighted by molar-refractivity contribution is 6.01. The molecule has 24 heavy (non-hydrogen) atoms. The first-order chi connectivity index (χ1) is 11.6. The van der Waals surface area contributed by atoms with Crippen LogP contribution in [-0.4, -0.2) is 16.7 Å². The topological polar surface area (TPSA) is 84.2 Å². The fraction of sp³-hybridized carbons (Fsp3) is 0.0556. The maximum absolute atomic E-state index is 11.9. The minimum Gasteiger partial charge on any atom is -0.459 e. The predicted molar refractivity (Wildman–Crippen MR) is 90.6 cm³/mol. The van der Waals surface area contributed by atoms with Crippen molar-refractivity contribution in [2.45, 2.75) is 6.92 Å². The molecule has 2 N–H and O–H groups in total. The summed E-state index contributed by atoms with van der Waals surface area (Å²) in [7, 11) is 0. The Morgan fingerprint density at radius 3 is 2.58 bits per heavy atom. The van der Waals surface area contributed by atoms with Crippen LogP contribution in [0.3, 0.4) is 0 Å². The number of hydrogen-bond acceptors (Lipinski definition) is 5. The zero-order valence-corrected chi connectivity index (χ0v) is 12.9. The number of benzene rings is 1. The molecule has 6 nitrogen and oxygen atoms in total. The predicted octanol–water partition coefficient (Wildman–Crippen LogP) is 3.87. The van der Waals surface area contributed by atoms with Crippen LogP contribution in [0.4, 0.5) is 17.2 Å². The molecular formula is C18H15N3O3. The molecule has 0 aliphatic rings. The molecule has 2 heterocycles. The van der Waals surface area contributed by atoms with Gasteiger partial charge in [-0.15, -0.1) is 0 Å². The van der Waals surface area contributed by atoms with Crippen molar-refractivity contribution in [1.82, 2.24) is 4.98 Å². The number of anilines is 3. The van der Waals surface area contributed by atoms with E-state index in [1.165, 1.54) is 13.2 Å². The van der Waals surface area contributed by atoms with Gasteiger partial charge in [-0.1, -0.05) is 12.1 Å². The quantitative estimate of drug-likeness (QED) is 0.697. The van der Waals surface area contributed by atoms with Gasteiger partial charge in [-0.2, -0.15) is 0 Å². The smallest absolute Gasteiger partial charge is 0.292 e. The Bertz CT molecular complexity index is 855. The van der Waals surface area contributed by atoms with E-state index < -0.39 is 0 Å². The molecule has 0 atom stereocenters. The van der Waals surface area contributed by atoms with Gasteiger partial charge in [-0.05, 0) is 43.3 Å². The highest BCUT2D eigenvalue weighted by Crippen LogP contribution is 2.18. The average molecular weight is 321 g/mol. The Balaban J connectivity index is 1.67. The standard InChI is InChI=1S/C18H15N3O3/c1-12(22)13-4-2-5-14(10-13)20-15-7-8-17(19-11-15)21-18(23)16-6-3-9-24-16/h2-11,20H,1H3,(H,19,21,23). The molecule has 3 aromatic rings. The van der Waals surface area contributed by atoms with Crippen molar-refractivity contribution >= 4 is 28.9 Å². The summed E-state index contributed by atoms with van der Waals surface area (Å²) in [5.74, 6) is 0.287. The lowest BCUT2D eigenvalue weighted by molar-refractivity contribution is 0.0993. The van der Waals surface area contributed by atoms with Crippen LogP contribution in [-0.2, 0) is 0 Å². The fourth-order valence-corrected chi connectivity index (χ4v) is 2.11. The average Bonchev–Trinajstić information content (AvgIpc) is 3.11. The Morgan fingerprint density at radius 2 is 1.92 bits per heavy atom. The largest absolute Gasteiger partial charge is 0.459 e. The van der Waals surface area contributed by atoms with Crippen molar-refractivity contribution < 1.29 is 14.0 Å². The SMILES string of the molecule is CC(=O)c1cccc(Nc2ccc(NC(=O)c3ccco3)nc2)c1. The lowest BCUT2D eigenvalue weighted by atomic mass is 10.1. The minimum absolute atomic E-state index is 0.00719. The summed E-state index contributed by atoms with van der Waals surface area (Å²) < 4.78 is 5.02. The van der Waals surface area contributed by atoms with Gasteiger partial charge >= 0.3 is 0 Å². The number of amides is 1. The molecule has 1 aromatic carbocycles. The molecule has 1 amide bonds. The van der Waals surface area contributed by atoms with E-state index in [4.69, 9.17) is 4.42 Å². The third-order valence-corrected chi connectivity index (χ3v) is 3.31. The first kappa shape index (κ1) is 15.5. The molecule has 2 aromatic heterocycles. The van der Waals surface area contributed by atoms with E-state index in [1.807, 2.05) is 12.1 Å². The number of carbonyl (C=O) groups excluding carboxylic acids is 2. The summed E-state index contributed by atoms with van der Waals surface area (Å²) in [6, 6.07) is 13.9. The van der Waals surface area contributed by atoms with Crippen LogP contribution in [0.25, 0.3) is 0 Å². The molecule has 0 saturated heterocycles. The van der Waals surface area contributed by atoms with Crippen LogP contribution in [0.2, 0.25) is 0 Å². The van der Waals surface area contributed by atoms with E-state index >= 15 is 0 Å². The number of nitrogens with one attached hydrogen (secondary N) is 2. The van der Waals surface area contributed by atoms with Gasteiger partial charge < -0.3 is 15.1 Å². The molecule has 6 heteroatoms. The minimum atomic E-state index is -0.359. The summed E-state index contributed by atoms with van der Waals surface area (Å²) in [5.41, 5.74) is 2.17. The number of Topliss-reactive ketones (excluding diaryl/α,β-unsaturated/α-hetero) is 1. The van der Waals surface area contributed by atoms with E-state index in [9.17, 15) is 9.59 Å². The van der Waals surface area contributed by atoms with Crippen molar-refractivity contribution in [3.63, 3.8) is 0 Å². The van der Waals surface area contributed by atoms with E-state index in [0.29, 0.717) is 11.4 Å². The number of aromatic nitrogens is 1. The van der Waals surface area contributed by atoms with Crippen LogP contribution in [0, 0.1) is 0 Å². The number of rotatable bonds is 5. The molecule has 120 valence electrons. The fourth-order valence-electron chi connectivity index (χ4n) is 2.11. The van der Waals surface area contributed by atoms with Gasteiger partial charge in [0.1, 0.15) is 5.82 Å². The second-order valence-electron chi connectivity index (χ2n) is 5.13. The van der Waals surface area contributed by atoms with Crippen molar-refractivity contribution in [3.8, 4) is 0 Å². The number of furan rings is 1. The van der Waals surface area contributed by atoms with Gasteiger partial charge in [0.25, 0.3) is 5.91 Å². The third kappa shape index (κ3) is 3.67. The van der Waals surface area contributed by atoms with Crippen LogP contribution >= 0.6 is 0 Å². The molecule has 0 saturated carbocycles. The molecule has 0 spiro atoms. The van der Waals surface area contributed by atoms with E-state index in [-0.39, 0.29) is 17.5 Å². The highest BCUT2D eigenvalue weighted by Gasteiger charge is 2.09. The molecule has 3 rings (SSSR count). The van der Waals surface area contributed by atoms with Crippen LogP contribution < -0.4 is 10.6 Å². The van der Waals surface area contributed by atoms with Crippen molar-refractivity contribution in [2.24, 2.45) is 0 Å². The zero-order chi connectivity index (χ0) is 16.9. The van der Waals surface area contributed by atoms with Crippen molar-refractivity contribution in [3.05, 3.63) is 72.3 Å². The Kier molecular flexibility index (Phi) is 4.38. The first-order valence-electron chi connectivity index (χ1n) is 7.31. The Labute approximate surface area is 138 Å². The first-order valence-corrected chi connectivity index (χ1v) is 7.31. The molecule has 0 unspecified atom stereocenters. The lowest BCUT2D eigenvalue weighted by Crippen LogP contribution is -2.11. The van der Waals surface area contributed by atoms with Crippen molar-refractivity contribution in [2.75, 3.05) is 10.6 Å². The van der Waals surface area contributed by atoms with Crippen LogP contribution in [0.5, 0.6) is 0 Å². The number of hydrogen-bond donors (Lipinski definition) is 2. The Morgan fingerprint density at radius 1 is 1.04 bits per heavy atom. The monoisotopic (exact) mass is 321 g/mol. The number of nitrogens with zero attached hydrogens (tertiary/aromatic N) is 1.